The fourth-order valence-corrected chi connectivity index (χ4v) is 4.89. The number of terminal acetylenes is 1. The molecule has 7 nitrogen and oxygen atoms in total. The second kappa shape index (κ2) is 16.0. The molecule has 3 amide bonds. The summed E-state index contributed by atoms with van der Waals surface area (Å²) in [7, 11) is 0. The van der Waals surface area contributed by atoms with E-state index in [0.717, 1.165) is 30.4 Å². The average Bonchev–Trinajstić information content (AvgIpc) is 2.93. The van der Waals surface area contributed by atoms with Gasteiger partial charge in [-0.25, -0.2) is 4.79 Å². The van der Waals surface area contributed by atoms with Crippen molar-refractivity contribution in [2.24, 2.45) is 5.92 Å². The first kappa shape index (κ1) is 34.4. The molecule has 0 aliphatic heterocycles. The van der Waals surface area contributed by atoms with E-state index in [-0.39, 0.29) is 17.7 Å². The SMILES string of the molecule is C#Cc1ccccc1C(C(=O)Nc1c(C)cccc1C)N(CCCCCC)C(=O)C(NC(=O)OC(C)(C)C)C(C)CC. The highest BCUT2D eigenvalue weighted by atomic mass is 16.6. The number of nitrogens with zero attached hydrogens (tertiary/aromatic N) is 1. The Morgan fingerprint density at radius 2 is 1.62 bits per heavy atom. The van der Waals surface area contributed by atoms with Crippen molar-refractivity contribution in [3.8, 4) is 12.3 Å². The van der Waals surface area contributed by atoms with Crippen molar-refractivity contribution in [3.63, 3.8) is 0 Å². The Kier molecular flexibility index (Phi) is 13.1. The molecule has 42 heavy (non-hydrogen) atoms. The molecule has 0 saturated carbocycles. The number of nitrogens with one attached hydrogen (secondary N) is 2. The van der Waals surface area contributed by atoms with E-state index < -0.39 is 23.8 Å². The zero-order valence-electron chi connectivity index (χ0n) is 26.7. The maximum atomic E-state index is 14.5. The Hall–Kier alpha value is -3.79. The van der Waals surface area contributed by atoms with E-state index in [4.69, 9.17) is 11.2 Å². The molecule has 0 heterocycles. The van der Waals surface area contributed by atoms with Gasteiger partial charge >= 0.3 is 6.09 Å². The van der Waals surface area contributed by atoms with Crippen LogP contribution >= 0.6 is 0 Å². The number of hydrogen-bond donors (Lipinski definition) is 2. The molecule has 0 aliphatic carbocycles. The van der Waals surface area contributed by atoms with Gasteiger partial charge in [-0.15, -0.1) is 6.42 Å². The maximum absolute atomic E-state index is 14.5. The Balaban J connectivity index is 2.67. The summed E-state index contributed by atoms with van der Waals surface area (Å²) in [5.74, 6) is 1.78. The molecule has 2 aromatic carbocycles. The van der Waals surface area contributed by atoms with Gasteiger partial charge in [0.15, 0.2) is 0 Å². The van der Waals surface area contributed by atoms with Crippen LogP contribution in [0.3, 0.4) is 0 Å². The van der Waals surface area contributed by atoms with E-state index in [0.29, 0.717) is 36.2 Å². The second-order valence-corrected chi connectivity index (χ2v) is 12.0. The van der Waals surface area contributed by atoms with E-state index in [2.05, 4.69) is 23.5 Å². The van der Waals surface area contributed by atoms with Crippen molar-refractivity contribution < 1.29 is 19.1 Å². The minimum Gasteiger partial charge on any atom is -0.444 e. The summed E-state index contributed by atoms with van der Waals surface area (Å²) in [6, 6.07) is 11.1. The predicted molar refractivity (Wildman–Crippen MR) is 170 cm³/mol. The third-order valence-corrected chi connectivity index (χ3v) is 7.39. The first-order valence-corrected chi connectivity index (χ1v) is 15.1. The van der Waals surface area contributed by atoms with E-state index >= 15 is 0 Å². The lowest BCUT2D eigenvalue weighted by Crippen LogP contribution is -2.55. The van der Waals surface area contributed by atoms with Crippen LogP contribution in [0.2, 0.25) is 0 Å². The molecular weight excluding hydrogens is 526 g/mol. The van der Waals surface area contributed by atoms with Crippen molar-refractivity contribution in [2.45, 2.75) is 105 Å². The minimum atomic E-state index is -1.02. The molecule has 228 valence electrons. The number of benzene rings is 2. The van der Waals surface area contributed by atoms with Crippen LogP contribution < -0.4 is 10.6 Å². The lowest BCUT2D eigenvalue weighted by molar-refractivity contribution is -0.142. The maximum Gasteiger partial charge on any atom is 0.408 e. The molecule has 0 fully saturated rings. The summed E-state index contributed by atoms with van der Waals surface area (Å²) in [6.45, 7) is 15.5. The topological polar surface area (TPSA) is 87.7 Å². The number of anilines is 1. The van der Waals surface area contributed by atoms with Crippen molar-refractivity contribution in [1.82, 2.24) is 10.2 Å². The fourth-order valence-electron chi connectivity index (χ4n) is 4.89. The van der Waals surface area contributed by atoms with Crippen LogP contribution in [0.4, 0.5) is 10.5 Å². The second-order valence-electron chi connectivity index (χ2n) is 12.0. The number of carbonyl (C=O) groups is 3. The van der Waals surface area contributed by atoms with Gasteiger partial charge in [0, 0.05) is 17.8 Å². The molecule has 0 saturated heterocycles. The quantitative estimate of drug-likeness (QED) is 0.194. The molecule has 3 atom stereocenters. The number of rotatable bonds is 13. The minimum absolute atomic E-state index is 0.214. The van der Waals surface area contributed by atoms with Crippen LogP contribution in [0.15, 0.2) is 42.5 Å². The molecule has 7 heteroatoms. The van der Waals surface area contributed by atoms with Gasteiger partial charge in [0.05, 0.1) is 0 Å². The van der Waals surface area contributed by atoms with E-state index in [1.165, 1.54) is 0 Å². The Morgan fingerprint density at radius 3 is 2.19 bits per heavy atom. The molecule has 3 unspecified atom stereocenters. The lowest BCUT2D eigenvalue weighted by atomic mass is 9.93. The molecule has 0 spiro atoms. The highest BCUT2D eigenvalue weighted by Gasteiger charge is 2.38. The summed E-state index contributed by atoms with van der Waals surface area (Å²) in [5.41, 5.74) is 2.90. The summed E-state index contributed by atoms with van der Waals surface area (Å²) >= 11 is 0. The molecule has 2 aromatic rings. The van der Waals surface area contributed by atoms with Gasteiger partial charge in [-0.05, 0) is 69.7 Å². The number of hydrogen-bond acceptors (Lipinski definition) is 4. The third-order valence-electron chi connectivity index (χ3n) is 7.39. The number of unbranched alkanes of at least 4 members (excludes halogenated alkanes) is 3. The molecule has 0 aromatic heterocycles. The molecule has 0 radical (unpaired) electrons. The van der Waals surface area contributed by atoms with Crippen LogP contribution in [0.25, 0.3) is 0 Å². The summed E-state index contributed by atoms with van der Waals surface area (Å²) in [6.07, 6.45) is 9.49. The summed E-state index contributed by atoms with van der Waals surface area (Å²) in [5, 5.41) is 5.93. The van der Waals surface area contributed by atoms with E-state index in [1.54, 1.807) is 37.8 Å². The molecule has 2 rings (SSSR count). The van der Waals surface area contributed by atoms with Gasteiger partial charge in [-0.1, -0.05) is 88.8 Å². The van der Waals surface area contributed by atoms with Gasteiger partial charge < -0.3 is 20.3 Å². The standard InChI is InChI=1S/C35H49N3O4/c1-10-13-14-17-23-38(33(40)30(24(4)11-2)37-34(41)42-35(7,8)9)31(28-22-16-15-21-27(28)12-3)32(39)36-29-25(5)19-18-20-26(29)6/h3,15-16,18-22,24,30-31H,10-11,13-14,17,23H2,1-2,4-9H3,(H,36,39)(H,37,41). The van der Waals surface area contributed by atoms with Crippen molar-refractivity contribution >= 4 is 23.6 Å². The summed E-state index contributed by atoms with van der Waals surface area (Å²) in [4.78, 5) is 43.3. The lowest BCUT2D eigenvalue weighted by Gasteiger charge is -2.36. The fraction of sp³-hybridized carbons (Fsp3) is 0.514. The molecule has 0 aliphatic rings. The van der Waals surface area contributed by atoms with Gasteiger partial charge in [0.25, 0.3) is 5.91 Å². The zero-order valence-corrected chi connectivity index (χ0v) is 26.7. The van der Waals surface area contributed by atoms with E-state index in [9.17, 15) is 14.4 Å². The average molecular weight is 576 g/mol. The van der Waals surface area contributed by atoms with Gasteiger partial charge in [-0.3, -0.25) is 9.59 Å². The van der Waals surface area contributed by atoms with Gasteiger partial charge in [-0.2, -0.15) is 0 Å². The highest BCUT2D eigenvalue weighted by molar-refractivity contribution is 6.00. The first-order chi connectivity index (χ1) is 19.8. The number of amides is 3. The zero-order chi connectivity index (χ0) is 31.4. The van der Waals surface area contributed by atoms with Crippen LogP contribution in [-0.4, -0.2) is 41.0 Å². The van der Waals surface area contributed by atoms with Crippen molar-refractivity contribution in [1.29, 1.82) is 0 Å². The molecule has 2 N–H and O–H groups in total. The third kappa shape index (κ3) is 9.65. The van der Waals surface area contributed by atoms with Gasteiger partial charge in [0.2, 0.25) is 5.91 Å². The largest absolute Gasteiger partial charge is 0.444 e. The van der Waals surface area contributed by atoms with Crippen LogP contribution in [0.1, 0.15) is 102 Å². The van der Waals surface area contributed by atoms with Gasteiger partial charge in [0.1, 0.15) is 17.7 Å². The van der Waals surface area contributed by atoms with Crippen LogP contribution in [0, 0.1) is 32.1 Å². The number of aryl methyl sites for hydroxylation is 2. The van der Waals surface area contributed by atoms with Crippen molar-refractivity contribution in [2.75, 3.05) is 11.9 Å². The Bertz CT molecular complexity index is 1240. The normalized spacial score (nSPS) is 13.3. The monoisotopic (exact) mass is 575 g/mol. The Morgan fingerprint density at radius 1 is 0.976 bits per heavy atom. The number of para-hydroxylation sites is 1. The Labute approximate surface area is 252 Å². The number of ether oxygens (including phenoxy) is 1. The van der Waals surface area contributed by atoms with Crippen LogP contribution in [-0.2, 0) is 14.3 Å². The molecular formula is C35H49N3O4. The van der Waals surface area contributed by atoms with Crippen molar-refractivity contribution in [3.05, 3.63) is 64.7 Å². The van der Waals surface area contributed by atoms with E-state index in [1.807, 2.05) is 58.0 Å². The highest BCUT2D eigenvalue weighted by Crippen LogP contribution is 2.30. The van der Waals surface area contributed by atoms with Crippen LogP contribution in [0.5, 0.6) is 0 Å². The predicted octanol–water partition coefficient (Wildman–Crippen LogP) is 7.31. The number of alkyl carbamates (subject to hydrolysis) is 1. The first-order valence-electron chi connectivity index (χ1n) is 15.1. The number of carbonyl (C=O) groups excluding carboxylic acids is 3. The smallest absolute Gasteiger partial charge is 0.408 e. The molecule has 0 bridgehead atoms. The summed E-state index contributed by atoms with van der Waals surface area (Å²) < 4.78 is 5.51.